The minimum Gasteiger partial charge on any atom is -0.414 e. The zero-order valence-electron chi connectivity index (χ0n) is 13.6. The molecule has 0 aromatic rings. The van der Waals surface area contributed by atoms with E-state index in [0.29, 0.717) is 6.10 Å². The Morgan fingerprint density at radius 1 is 1.05 bits per heavy atom. The fourth-order valence-corrected chi connectivity index (χ4v) is 3.91. The molecule has 1 saturated carbocycles. The second-order valence-electron chi connectivity index (χ2n) is 8.39. The van der Waals surface area contributed by atoms with E-state index in [9.17, 15) is 0 Å². The largest absolute Gasteiger partial charge is 0.414 e. The van der Waals surface area contributed by atoms with E-state index in [1.165, 1.54) is 0 Å². The van der Waals surface area contributed by atoms with Crippen molar-refractivity contribution in [3.05, 3.63) is 0 Å². The maximum atomic E-state index is 6.45. The number of hydrogen-bond acceptors (Lipinski definition) is 3. The molecule has 2 rings (SSSR count). The van der Waals surface area contributed by atoms with Gasteiger partial charge in [-0.15, -0.1) is 0 Å². The van der Waals surface area contributed by atoms with E-state index < -0.39 is 14.1 Å². The van der Waals surface area contributed by atoms with Crippen LogP contribution in [0.3, 0.4) is 0 Å². The Kier molecular flexibility index (Phi) is 3.71. The minimum atomic E-state index is -1.63. The van der Waals surface area contributed by atoms with Gasteiger partial charge < -0.3 is 13.9 Å². The highest BCUT2D eigenvalue weighted by Gasteiger charge is 2.52. The lowest BCUT2D eigenvalue weighted by atomic mass is 9.67. The van der Waals surface area contributed by atoms with E-state index in [-0.39, 0.29) is 10.5 Å². The number of rotatable bonds is 2. The highest BCUT2D eigenvalue weighted by molar-refractivity contribution is 6.74. The first-order valence-corrected chi connectivity index (χ1v) is 10.3. The molecule has 1 heterocycles. The number of hydrogen-bond donors (Lipinski definition) is 0. The molecule has 1 spiro atoms. The Morgan fingerprint density at radius 2 is 1.53 bits per heavy atom. The van der Waals surface area contributed by atoms with Crippen LogP contribution in [0.5, 0.6) is 0 Å². The highest BCUT2D eigenvalue weighted by atomic mass is 28.4. The maximum Gasteiger partial charge on any atom is 0.192 e. The summed E-state index contributed by atoms with van der Waals surface area (Å²) in [6.45, 7) is 17.2. The molecule has 0 N–H and O–H groups in total. The standard InChI is InChI=1S/C15H30O3Si/c1-13(2,3)19(6,7)18-12-8-15(9-12)10-16-14(4,5)17-11-15/h12H,8-11H2,1-7H3. The second kappa shape index (κ2) is 4.55. The fraction of sp³-hybridized carbons (Fsp3) is 1.00. The lowest BCUT2D eigenvalue weighted by Crippen LogP contribution is -2.58. The van der Waals surface area contributed by atoms with E-state index in [4.69, 9.17) is 13.9 Å². The topological polar surface area (TPSA) is 27.7 Å². The van der Waals surface area contributed by atoms with Crippen LogP contribution in [0.2, 0.25) is 18.1 Å². The normalized spacial score (nSPS) is 27.3. The van der Waals surface area contributed by atoms with Crippen LogP contribution in [-0.4, -0.2) is 33.4 Å². The van der Waals surface area contributed by atoms with Gasteiger partial charge in [0.2, 0.25) is 0 Å². The highest BCUT2D eigenvalue weighted by Crippen LogP contribution is 2.49. The monoisotopic (exact) mass is 286 g/mol. The van der Waals surface area contributed by atoms with Crippen molar-refractivity contribution in [2.24, 2.45) is 5.41 Å². The van der Waals surface area contributed by atoms with Crippen LogP contribution in [-0.2, 0) is 13.9 Å². The first-order valence-electron chi connectivity index (χ1n) is 7.41. The van der Waals surface area contributed by atoms with Crippen molar-refractivity contribution in [1.82, 2.24) is 0 Å². The molecule has 4 heteroatoms. The van der Waals surface area contributed by atoms with Gasteiger partial charge >= 0.3 is 0 Å². The molecule has 19 heavy (non-hydrogen) atoms. The van der Waals surface area contributed by atoms with E-state index in [0.717, 1.165) is 26.1 Å². The fourth-order valence-electron chi connectivity index (χ4n) is 2.56. The summed E-state index contributed by atoms with van der Waals surface area (Å²) in [5.74, 6) is -0.406. The third-order valence-electron chi connectivity index (χ3n) is 5.04. The SMILES string of the molecule is CC1(C)OCC2(CO1)CC(O[Si](C)(C)C(C)(C)C)C2. The van der Waals surface area contributed by atoms with Crippen molar-refractivity contribution < 1.29 is 13.9 Å². The lowest BCUT2D eigenvalue weighted by molar-refractivity contribution is -0.306. The summed E-state index contributed by atoms with van der Waals surface area (Å²) in [6, 6.07) is 0. The van der Waals surface area contributed by atoms with Gasteiger partial charge in [-0.3, -0.25) is 0 Å². The van der Waals surface area contributed by atoms with Gasteiger partial charge in [0.1, 0.15) is 0 Å². The molecule has 1 aliphatic heterocycles. The molecule has 1 aliphatic carbocycles. The molecule has 0 radical (unpaired) electrons. The van der Waals surface area contributed by atoms with E-state index in [1.807, 2.05) is 13.8 Å². The molecule has 0 aromatic heterocycles. The second-order valence-corrected chi connectivity index (χ2v) is 13.1. The predicted molar refractivity (Wildman–Crippen MR) is 79.7 cm³/mol. The summed E-state index contributed by atoms with van der Waals surface area (Å²) < 4.78 is 18.1. The lowest BCUT2D eigenvalue weighted by Gasteiger charge is -2.54. The van der Waals surface area contributed by atoms with Gasteiger partial charge in [0.05, 0.1) is 13.2 Å². The van der Waals surface area contributed by atoms with Crippen LogP contribution in [0.15, 0.2) is 0 Å². The molecule has 3 nitrogen and oxygen atoms in total. The predicted octanol–water partition coefficient (Wildman–Crippen LogP) is 3.94. The Hall–Kier alpha value is 0.0969. The summed E-state index contributed by atoms with van der Waals surface area (Å²) in [6.07, 6.45) is 2.60. The summed E-state index contributed by atoms with van der Waals surface area (Å²) in [4.78, 5) is 0. The van der Waals surface area contributed by atoms with Gasteiger partial charge in [-0.05, 0) is 44.8 Å². The third kappa shape index (κ3) is 3.23. The summed E-state index contributed by atoms with van der Waals surface area (Å²) in [5, 5.41) is 0.289. The molecule has 0 unspecified atom stereocenters. The number of ether oxygens (including phenoxy) is 2. The minimum absolute atomic E-state index is 0.225. The summed E-state index contributed by atoms with van der Waals surface area (Å²) in [7, 11) is -1.63. The first kappa shape index (κ1) is 15.5. The van der Waals surface area contributed by atoms with Crippen LogP contribution in [0.1, 0.15) is 47.5 Å². The summed E-state index contributed by atoms with van der Waals surface area (Å²) >= 11 is 0. The van der Waals surface area contributed by atoms with Gasteiger partial charge in [0.15, 0.2) is 14.1 Å². The average molecular weight is 286 g/mol. The third-order valence-corrected chi connectivity index (χ3v) is 9.58. The first-order chi connectivity index (χ1) is 8.45. The summed E-state index contributed by atoms with van der Waals surface area (Å²) in [5.41, 5.74) is 0.225. The Bertz CT molecular complexity index is 326. The van der Waals surface area contributed by atoms with Gasteiger partial charge in [0, 0.05) is 11.5 Å². The van der Waals surface area contributed by atoms with Gasteiger partial charge in [-0.25, -0.2) is 0 Å². The molecular formula is C15H30O3Si. The van der Waals surface area contributed by atoms with Crippen LogP contribution in [0.25, 0.3) is 0 Å². The molecule has 112 valence electrons. The average Bonchev–Trinajstić information content (AvgIpc) is 2.17. The van der Waals surface area contributed by atoms with Crippen molar-refractivity contribution in [3.63, 3.8) is 0 Å². The molecule has 2 aliphatic rings. The Morgan fingerprint density at radius 3 is 1.95 bits per heavy atom. The zero-order valence-corrected chi connectivity index (χ0v) is 14.6. The van der Waals surface area contributed by atoms with Crippen LogP contribution >= 0.6 is 0 Å². The van der Waals surface area contributed by atoms with E-state index in [1.54, 1.807) is 0 Å². The van der Waals surface area contributed by atoms with Crippen molar-refractivity contribution in [3.8, 4) is 0 Å². The molecule has 0 amide bonds. The molecule has 2 fully saturated rings. The van der Waals surface area contributed by atoms with Gasteiger partial charge in [-0.1, -0.05) is 20.8 Å². The van der Waals surface area contributed by atoms with Crippen LogP contribution in [0, 0.1) is 5.41 Å². The van der Waals surface area contributed by atoms with Crippen LogP contribution in [0.4, 0.5) is 0 Å². The smallest absolute Gasteiger partial charge is 0.192 e. The molecule has 0 atom stereocenters. The quantitative estimate of drug-likeness (QED) is 0.720. The molecule has 0 bridgehead atoms. The molecular weight excluding hydrogens is 256 g/mol. The van der Waals surface area contributed by atoms with E-state index in [2.05, 4.69) is 33.9 Å². The van der Waals surface area contributed by atoms with Crippen molar-refractivity contribution >= 4 is 8.32 Å². The maximum absolute atomic E-state index is 6.45. The van der Waals surface area contributed by atoms with Crippen molar-refractivity contribution in [1.29, 1.82) is 0 Å². The molecule has 0 aromatic carbocycles. The van der Waals surface area contributed by atoms with Gasteiger partial charge in [-0.2, -0.15) is 0 Å². The van der Waals surface area contributed by atoms with Crippen LogP contribution < -0.4 is 0 Å². The van der Waals surface area contributed by atoms with Gasteiger partial charge in [0.25, 0.3) is 0 Å². The molecule has 1 saturated heterocycles. The Labute approximate surface area is 119 Å². The zero-order chi connectivity index (χ0) is 14.5. The Balaban J connectivity index is 1.84. The van der Waals surface area contributed by atoms with E-state index >= 15 is 0 Å². The van der Waals surface area contributed by atoms with Crippen molar-refractivity contribution in [2.45, 2.75) is 77.5 Å². The van der Waals surface area contributed by atoms with Crippen molar-refractivity contribution in [2.75, 3.05) is 13.2 Å².